The van der Waals surface area contributed by atoms with Crippen LogP contribution in [0.4, 0.5) is 0 Å². The number of rotatable bonds is 10. The first kappa shape index (κ1) is 17.6. The van der Waals surface area contributed by atoms with Gasteiger partial charge in [-0.2, -0.15) is 5.10 Å². The molecule has 1 heterocycles. The zero-order valence-corrected chi connectivity index (χ0v) is 14.4. The van der Waals surface area contributed by atoms with E-state index in [4.69, 9.17) is 9.47 Å². The molecule has 1 aromatic rings. The molecule has 0 amide bonds. The molecule has 6 heteroatoms. The van der Waals surface area contributed by atoms with E-state index in [1.807, 2.05) is 17.8 Å². The number of hydrogen-bond acceptors (Lipinski definition) is 4. The molecule has 1 N–H and O–H groups in total. The van der Waals surface area contributed by atoms with Gasteiger partial charge in [0.1, 0.15) is 0 Å². The highest BCUT2D eigenvalue weighted by atomic mass is 79.9. The van der Waals surface area contributed by atoms with Crippen LogP contribution in [0.15, 0.2) is 10.7 Å². The third-order valence-corrected chi connectivity index (χ3v) is 3.76. The Bertz CT molecular complexity index is 384. The second-order valence-corrected chi connectivity index (χ2v) is 5.54. The first-order valence-electron chi connectivity index (χ1n) is 7.20. The second-order valence-electron chi connectivity index (χ2n) is 4.69. The smallest absolute Gasteiger partial charge is 0.0767 e. The van der Waals surface area contributed by atoms with Crippen molar-refractivity contribution in [2.45, 2.75) is 45.9 Å². The fraction of sp³-hybridized carbons (Fsp3) is 0.786. The molecule has 0 saturated carbocycles. The summed E-state index contributed by atoms with van der Waals surface area (Å²) in [5.41, 5.74) is 1.12. The van der Waals surface area contributed by atoms with Crippen LogP contribution in [0, 0.1) is 0 Å². The molecule has 116 valence electrons. The molecular formula is C14H26BrN3O2. The minimum Gasteiger partial charge on any atom is -0.383 e. The molecule has 1 aromatic heterocycles. The molecule has 0 aromatic carbocycles. The lowest BCUT2D eigenvalue weighted by Gasteiger charge is -2.26. The summed E-state index contributed by atoms with van der Waals surface area (Å²) in [7, 11) is 1.70. The molecule has 2 unspecified atom stereocenters. The molecule has 0 radical (unpaired) electrons. The first-order valence-corrected chi connectivity index (χ1v) is 8.00. The standard InChI is InChI=1S/C14H26BrN3O2/c1-5-7-16-13(11(3)20-6-2)14-12(15)10-17-18(14)8-9-19-4/h10-11,13,16H,5-9H2,1-4H3. The maximum Gasteiger partial charge on any atom is 0.0767 e. The van der Waals surface area contributed by atoms with E-state index < -0.39 is 0 Å². The largest absolute Gasteiger partial charge is 0.383 e. The van der Waals surface area contributed by atoms with Crippen LogP contribution in [0.5, 0.6) is 0 Å². The molecule has 5 nitrogen and oxygen atoms in total. The van der Waals surface area contributed by atoms with Crippen LogP contribution in [-0.4, -0.2) is 42.8 Å². The third-order valence-electron chi connectivity index (χ3n) is 3.15. The topological polar surface area (TPSA) is 48.3 Å². The first-order chi connectivity index (χ1) is 9.65. The number of methoxy groups -OCH3 is 1. The van der Waals surface area contributed by atoms with Gasteiger partial charge in [0.05, 0.1) is 41.7 Å². The average Bonchev–Trinajstić information content (AvgIpc) is 2.79. The number of hydrogen-bond donors (Lipinski definition) is 1. The van der Waals surface area contributed by atoms with E-state index in [1.165, 1.54) is 0 Å². The predicted molar refractivity (Wildman–Crippen MR) is 83.9 cm³/mol. The summed E-state index contributed by atoms with van der Waals surface area (Å²) in [6.45, 7) is 9.30. The summed E-state index contributed by atoms with van der Waals surface area (Å²) < 4.78 is 13.9. The molecule has 0 bridgehead atoms. The number of nitrogens with one attached hydrogen (secondary N) is 1. The summed E-state index contributed by atoms with van der Waals surface area (Å²) in [4.78, 5) is 0. The highest BCUT2D eigenvalue weighted by Gasteiger charge is 2.25. The van der Waals surface area contributed by atoms with Crippen molar-refractivity contribution in [1.29, 1.82) is 0 Å². The highest BCUT2D eigenvalue weighted by Crippen LogP contribution is 2.27. The van der Waals surface area contributed by atoms with Gasteiger partial charge in [0.15, 0.2) is 0 Å². The van der Waals surface area contributed by atoms with Gasteiger partial charge in [-0.25, -0.2) is 0 Å². The Hall–Kier alpha value is -0.430. The van der Waals surface area contributed by atoms with Gasteiger partial charge in [-0.3, -0.25) is 4.68 Å². The SMILES string of the molecule is CCCNC(c1c(Br)cnn1CCOC)C(C)OCC. The summed E-state index contributed by atoms with van der Waals surface area (Å²) in [5, 5.41) is 7.98. The zero-order chi connectivity index (χ0) is 15.0. The van der Waals surface area contributed by atoms with Crippen LogP contribution >= 0.6 is 15.9 Å². The van der Waals surface area contributed by atoms with Crippen molar-refractivity contribution in [1.82, 2.24) is 15.1 Å². The lowest BCUT2D eigenvalue weighted by Crippen LogP contribution is -2.35. The van der Waals surface area contributed by atoms with E-state index >= 15 is 0 Å². The quantitative estimate of drug-likeness (QED) is 0.706. The molecular weight excluding hydrogens is 322 g/mol. The van der Waals surface area contributed by atoms with E-state index in [-0.39, 0.29) is 12.1 Å². The van der Waals surface area contributed by atoms with Gasteiger partial charge >= 0.3 is 0 Å². The van der Waals surface area contributed by atoms with Crippen LogP contribution in [0.25, 0.3) is 0 Å². The number of nitrogens with zero attached hydrogens (tertiary/aromatic N) is 2. The Morgan fingerprint density at radius 2 is 2.20 bits per heavy atom. The van der Waals surface area contributed by atoms with Gasteiger partial charge in [-0.15, -0.1) is 0 Å². The van der Waals surface area contributed by atoms with E-state index in [0.29, 0.717) is 13.2 Å². The minimum atomic E-state index is 0.0841. The molecule has 20 heavy (non-hydrogen) atoms. The normalized spacial score (nSPS) is 14.4. The predicted octanol–water partition coefficient (Wildman–Crippen LogP) is 2.76. The summed E-state index contributed by atoms with van der Waals surface area (Å²) in [6.07, 6.45) is 3.00. The van der Waals surface area contributed by atoms with Crippen LogP contribution < -0.4 is 5.32 Å². The molecule has 0 fully saturated rings. The van der Waals surface area contributed by atoms with E-state index in [9.17, 15) is 0 Å². The van der Waals surface area contributed by atoms with Gasteiger partial charge in [-0.1, -0.05) is 6.92 Å². The van der Waals surface area contributed by atoms with Crippen LogP contribution in [0.2, 0.25) is 0 Å². The monoisotopic (exact) mass is 347 g/mol. The number of ether oxygens (including phenoxy) is 2. The lowest BCUT2D eigenvalue weighted by atomic mass is 10.1. The molecule has 0 saturated heterocycles. The van der Waals surface area contributed by atoms with Crippen molar-refractivity contribution in [3.63, 3.8) is 0 Å². The second kappa shape index (κ2) is 9.50. The molecule has 1 rings (SSSR count). The molecule has 0 spiro atoms. The van der Waals surface area contributed by atoms with Crippen molar-refractivity contribution in [3.8, 4) is 0 Å². The van der Waals surface area contributed by atoms with Gasteiger partial charge in [-0.05, 0) is 42.7 Å². The van der Waals surface area contributed by atoms with Crippen LogP contribution in [0.3, 0.4) is 0 Å². The Kier molecular flexibility index (Phi) is 8.37. The van der Waals surface area contributed by atoms with E-state index in [1.54, 1.807) is 7.11 Å². The van der Waals surface area contributed by atoms with Crippen molar-refractivity contribution in [2.75, 3.05) is 26.9 Å². The summed E-state index contributed by atoms with van der Waals surface area (Å²) >= 11 is 3.60. The minimum absolute atomic E-state index is 0.0841. The highest BCUT2D eigenvalue weighted by molar-refractivity contribution is 9.10. The molecule has 2 atom stereocenters. The molecule has 0 aliphatic rings. The van der Waals surface area contributed by atoms with Crippen molar-refractivity contribution in [3.05, 3.63) is 16.4 Å². The average molecular weight is 348 g/mol. The molecule has 0 aliphatic heterocycles. The maximum atomic E-state index is 5.78. The van der Waals surface area contributed by atoms with E-state index in [2.05, 4.69) is 40.2 Å². The maximum absolute atomic E-state index is 5.78. The number of aromatic nitrogens is 2. The van der Waals surface area contributed by atoms with Crippen molar-refractivity contribution in [2.24, 2.45) is 0 Å². The van der Waals surface area contributed by atoms with Gasteiger partial charge < -0.3 is 14.8 Å². The number of halogens is 1. The van der Waals surface area contributed by atoms with Gasteiger partial charge in [0.2, 0.25) is 0 Å². The third kappa shape index (κ3) is 4.84. The van der Waals surface area contributed by atoms with Gasteiger partial charge in [0.25, 0.3) is 0 Å². The van der Waals surface area contributed by atoms with Crippen molar-refractivity contribution < 1.29 is 9.47 Å². The fourth-order valence-electron chi connectivity index (χ4n) is 2.18. The molecule has 0 aliphatic carbocycles. The Balaban J connectivity index is 2.95. The van der Waals surface area contributed by atoms with Crippen molar-refractivity contribution >= 4 is 15.9 Å². The summed E-state index contributed by atoms with van der Waals surface area (Å²) in [5.74, 6) is 0. The Morgan fingerprint density at radius 3 is 2.80 bits per heavy atom. The zero-order valence-electron chi connectivity index (χ0n) is 12.9. The van der Waals surface area contributed by atoms with E-state index in [0.717, 1.165) is 29.7 Å². The van der Waals surface area contributed by atoms with Crippen LogP contribution in [0.1, 0.15) is 38.9 Å². The summed E-state index contributed by atoms with van der Waals surface area (Å²) in [6, 6.07) is 0.114. The Labute approximate surface area is 130 Å². The fourth-order valence-corrected chi connectivity index (χ4v) is 2.72. The van der Waals surface area contributed by atoms with Crippen LogP contribution in [-0.2, 0) is 16.0 Å². The van der Waals surface area contributed by atoms with Gasteiger partial charge in [0, 0.05) is 13.7 Å². The Morgan fingerprint density at radius 1 is 1.45 bits per heavy atom. The lowest BCUT2D eigenvalue weighted by molar-refractivity contribution is 0.0442.